The number of nitrogens with one attached hydrogen (secondary N) is 1. The fourth-order valence-corrected chi connectivity index (χ4v) is 3.23. The zero-order valence-corrected chi connectivity index (χ0v) is 16.6. The molecule has 4 aromatic rings. The van der Waals surface area contributed by atoms with Crippen LogP contribution >= 0.6 is 11.8 Å². The van der Waals surface area contributed by atoms with Crippen molar-refractivity contribution in [1.82, 2.24) is 25.2 Å². The summed E-state index contributed by atoms with van der Waals surface area (Å²) in [5.74, 6) is -0.221. The van der Waals surface area contributed by atoms with Crippen LogP contribution in [0.15, 0.2) is 58.2 Å². The highest BCUT2D eigenvalue weighted by atomic mass is 32.2. The first-order chi connectivity index (χ1) is 14.6. The number of hydrogen-bond acceptors (Lipinski definition) is 9. The lowest BCUT2D eigenvalue weighted by Crippen LogP contribution is -2.14. The van der Waals surface area contributed by atoms with E-state index in [4.69, 9.17) is 4.42 Å². The van der Waals surface area contributed by atoms with Gasteiger partial charge in [-0.25, -0.2) is 9.48 Å². The number of carbonyl (C=O) groups is 2. The van der Waals surface area contributed by atoms with Crippen LogP contribution in [0, 0.1) is 0 Å². The molecule has 11 heteroatoms. The number of para-hydroxylation sites is 1. The van der Waals surface area contributed by atoms with E-state index < -0.39 is 5.97 Å². The van der Waals surface area contributed by atoms with Gasteiger partial charge in [0.2, 0.25) is 11.8 Å². The van der Waals surface area contributed by atoms with Crippen LogP contribution in [0.1, 0.15) is 16.2 Å². The summed E-state index contributed by atoms with van der Waals surface area (Å²) >= 11 is 1.12. The van der Waals surface area contributed by atoms with Crippen molar-refractivity contribution in [3.05, 3.63) is 60.0 Å². The molecule has 2 aromatic heterocycles. The van der Waals surface area contributed by atoms with E-state index in [1.807, 2.05) is 24.3 Å². The number of methoxy groups -OCH3 is 1. The molecule has 0 unspecified atom stereocenters. The monoisotopic (exact) mass is 424 g/mol. The van der Waals surface area contributed by atoms with Gasteiger partial charge in [-0.2, -0.15) is 0 Å². The number of aromatic nitrogens is 5. The van der Waals surface area contributed by atoms with Gasteiger partial charge in [-0.3, -0.25) is 4.79 Å². The average molecular weight is 424 g/mol. The third kappa shape index (κ3) is 4.46. The van der Waals surface area contributed by atoms with Crippen molar-refractivity contribution >= 4 is 40.4 Å². The zero-order valence-electron chi connectivity index (χ0n) is 15.8. The number of anilines is 1. The fourth-order valence-electron chi connectivity index (χ4n) is 2.65. The first-order valence-corrected chi connectivity index (χ1v) is 9.82. The largest absolute Gasteiger partial charge is 0.465 e. The molecule has 4 rings (SSSR count). The Hall–Kier alpha value is -3.73. The lowest BCUT2D eigenvalue weighted by Gasteiger charge is -2.05. The summed E-state index contributed by atoms with van der Waals surface area (Å²) in [6, 6.07) is 14.0. The number of thioether (sulfide) groups is 1. The van der Waals surface area contributed by atoms with Crippen molar-refractivity contribution in [2.24, 2.45) is 0 Å². The molecule has 0 atom stereocenters. The number of amides is 1. The number of ether oxygens (including phenoxy) is 1. The minimum Gasteiger partial charge on any atom is -0.465 e. The van der Waals surface area contributed by atoms with E-state index in [2.05, 4.69) is 30.6 Å². The van der Waals surface area contributed by atoms with Crippen LogP contribution in [-0.2, 0) is 16.1 Å². The summed E-state index contributed by atoms with van der Waals surface area (Å²) in [4.78, 5) is 23.6. The molecule has 0 bridgehead atoms. The summed E-state index contributed by atoms with van der Waals surface area (Å²) in [6.07, 6.45) is 0. The van der Waals surface area contributed by atoms with Crippen LogP contribution < -0.4 is 5.32 Å². The number of esters is 1. The molecule has 2 heterocycles. The van der Waals surface area contributed by atoms with E-state index in [-0.39, 0.29) is 23.4 Å². The van der Waals surface area contributed by atoms with Gasteiger partial charge >= 0.3 is 5.97 Å². The maximum Gasteiger partial charge on any atom is 0.337 e. The van der Waals surface area contributed by atoms with E-state index in [0.717, 1.165) is 22.8 Å². The Morgan fingerprint density at radius 2 is 1.90 bits per heavy atom. The molecule has 0 fully saturated rings. The Labute approximate surface area is 174 Å². The van der Waals surface area contributed by atoms with Gasteiger partial charge in [-0.1, -0.05) is 29.1 Å². The Bertz CT molecular complexity index is 1190. The van der Waals surface area contributed by atoms with Gasteiger partial charge in [0.25, 0.3) is 5.22 Å². The Morgan fingerprint density at radius 1 is 1.10 bits per heavy atom. The highest BCUT2D eigenvalue weighted by Crippen LogP contribution is 2.18. The quantitative estimate of drug-likeness (QED) is 0.351. The predicted octanol–water partition coefficient (Wildman–Crippen LogP) is 2.38. The van der Waals surface area contributed by atoms with E-state index in [1.54, 1.807) is 28.9 Å². The molecule has 152 valence electrons. The van der Waals surface area contributed by atoms with Crippen LogP contribution in [0.2, 0.25) is 0 Å². The fraction of sp³-hybridized carbons (Fsp3) is 0.158. The lowest BCUT2D eigenvalue weighted by atomic mass is 10.2. The summed E-state index contributed by atoms with van der Waals surface area (Å²) in [5, 5.41) is 19.1. The molecular formula is C19H16N6O4S. The van der Waals surface area contributed by atoms with Crippen molar-refractivity contribution in [3.8, 4) is 0 Å². The van der Waals surface area contributed by atoms with Gasteiger partial charge in [0, 0.05) is 5.69 Å². The van der Waals surface area contributed by atoms with Gasteiger partial charge in [0.05, 0.1) is 23.9 Å². The standard InChI is InChI=1S/C19H16N6O4S/c1-28-18(27)12-6-8-13(9-7-12)20-16(26)11-30-19-23-22-17(29-19)10-25-15-5-3-2-4-14(15)21-24-25/h2-9H,10-11H2,1H3,(H,20,26). The second-order valence-electron chi connectivity index (χ2n) is 6.10. The van der Waals surface area contributed by atoms with Crippen molar-refractivity contribution in [3.63, 3.8) is 0 Å². The summed E-state index contributed by atoms with van der Waals surface area (Å²) < 4.78 is 11.9. The Balaban J connectivity index is 1.31. The van der Waals surface area contributed by atoms with Crippen LogP contribution in [0.3, 0.4) is 0 Å². The Kier molecular flexibility index (Phi) is 5.70. The molecule has 0 aliphatic carbocycles. The van der Waals surface area contributed by atoms with Crippen molar-refractivity contribution < 1.29 is 18.7 Å². The predicted molar refractivity (Wildman–Crippen MR) is 108 cm³/mol. The normalized spacial score (nSPS) is 10.8. The second kappa shape index (κ2) is 8.74. The molecule has 0 saturated heterocycles. The first-order valence-electron chi connectivity index (χ1n) is 8.84. The van der Waals surface area contributed by atoms with Crippen LogP contribution in [0.4, 0.5) is 5.69 Å². The Morgan fingerprint density at radius 3 is 2.70 bits per heavy atom. The van der Waals surface area contributed by atoms with Crippen LogP contribution in [0.25, 0.3) is 11.0 Å². The summed E-state index contributed by atoms with van der Waals surface area (Å²) in [7, 11) is 1.31. The first kappa shape index (κ1) is 19.6. The molecule has 0 aliphatic rings. The van der Waals surface area contributed by atoms with E-state index in [9.17, 15) is 9.59 Å². The van der Waals surface area contributed by atoms with E-state index in [1.165, 1.54) is 7.11 Å². The molecular weight excluding hydrogens is 408 g/mol. The third-order valence-electron chi connectivity index (χ3n) is 4.07. The third-order valence-corrected chi connectivity index (χ3v) is 4.89. The van der Waals surface area contributed by atoms with Gasteiger partial charge in [0.15, 0.2) is 0 Å². The maximum atomic E-state index is 12.1. The van der Waals surface area contributed by atoms with Crippen LogP contribution in [-0.4, -0.2) is 49.9 Å². The van der Waals surface area contributed by atoms with Crippen molar-refractivity contribution in [1.29, 1.82) is 0 Å². The van der Waals surface area contributed by atoms with Crippen molar-refractivity contribution in [2.75, 3.05) is 18.2 Å². The molecule has 30 heavy (non-hydrogen) atoms. The smallest absolute Gasteiger partial charge is 0.337 e. The molecule has 0 saturated carbocycles. The topological polar surface area (TPSA) is 125 Å². The SMILES string of the molecule is COC(=O)c1ccc(NC(=O)CSc2nnc(Cn3nnc4ccccc43)o2)cc1. The number of carbonyl (C=O) groups excluding carboxylic acids is 2. The number of rotatable bonds is 7. The highest BCUT2D eigenvalue weighted by molar-refractivity contribution is 7.99. The minimum atomic E-state index is -0.436. The summed E-state index contributed by atoms with van der Waals surface area (Å²) in [6.45, 7) is 0.285. The van der Waals surface area contributed by atoms with Crippen LogP contribution in [0.5, 0.6) is 0 Å². The number of benzene rings is 2. The molecule has 1 N–H and O–H groups in total. The van der Waals surface area contributed by atoms with Gasteiger partial charge in [0.1, 0.15) is 12.1 Å². The average Bonchev–Trinajstić information content (AvgIpc) is 3.40. The molecule has 0 aliphatic heterocycles. The molecule has 10 nitrogen and oxygen atoms in total. The number of fused-ring (bicyclic) bond motifs is 1. The molecule has 2 aromatic carbocycles. The van der Waals surface area contributed by atoms with Crippen molar-refractivity contribution in [2.45, 2.75) is 11.8 Å². The van der Waals surface area contributed by atoms with Gasteiger partial charge < -0.3 is 14.5 Å². The highest BCUT2D eigenvalue weighted by Gasteiger charge is 2.13. The lowest BCUT2D eigenvalue weighted by molar-refractivity contribution is -0.113. The van der Waals surface area contributed by atoms with E-state index >= 15 is 0 Å². The zero-order chi connectivity index (χ0) is 20.9. The number of nitrogens with zero attached hydrogens (tertiary/aromatic N) is 5. The minimum absolute atomic E-state index is 0.0899. The molecule has 0 radical (unpaired) electrons. The number of hydrogen-bond donors (Lipinski definition) is 1. The van der Waals surface area contributed by atoms with E-state index in [0.29, 0.717) is 17.1 Å². The molecule has 0 spiro atoms. The molecule has 1 amide bonds. The van der Waals surface area contributed by atoms with Gasteiger partial charge in [-0.05, 0) is 36.4 Å². The maximum absolute atomic E-state index is 12.1. The second-order valence-corrected chi connectivity index (χ2v) is 7.03. The summed E-state index contributed by atoms with van der Waals surface area (Å²) in [5.41, 5.74) is 2.62. The van der Waals surface area contributed by atoms with Gasteiger partial charge in [-0.15, -0.1) is 15.3 Å².